The van der Waals surface area contributed by atoms with Gasteiger partial charge >= 0.3 is 6.09 Å². The first-order chi connectivity index (χ1) is 9.20. The number of nitrogens with two attached hydrogens (primary N) is 1. The average Bonchev–Trinajstić information content (AvgIpc) is 2.40. The molecule has 3 N–H and O–H groups in total. The van der Waals surface area contributed by atoms with E-state index < -0.39 is 0 Å². The van der Waals surface area contributed by atoms with Crippen LogP contribution in [0.4, 0.5) is 4.79 Å². The number of rotatable bonds is 4. The highest BCUT2D eigenvalue weighted by Gasteiger charge is 2.27. The van der Waals surface area contributed by atoms with Gasteiger partial charge in [0.15, 0.2) is 0 Å². The Bertz CT molecular complexity index is 434. The molecule has 1 aliphatic carbocycles. The summed E-state index contributed by atoms with van der Waals surface area (Å²) in [7, 11) is 0. The predicted octanol–water partition coefficient (Wildman–Crippen LogP) is 2.01. The summed E-state index contributed by atoms with van der Waals surface area (Å²) in [6.45, 7) is 2.54. The Kier molecular flexibility index (Phi) is 4.80. The molecule has 2 rings (SSSR count). The van der Waals surface area contributed by atoms with E-state index in [0.29, 0.717) is 6.61 Å². The van der Waals surface area contributed by atoms with Crippen molar-refractivity contribution in [2.45, 2.75) is 44.7 Å². The van der Waals surface area contributed by atoms with E-state index in [-0.39, 0.29) is 18.2 Å². The van der Waals surface area contributed by atoms with Gasteiger partial charge in [0.25, 0.3) is 0 Å². The van der Waals surface area contributed by atoms with Gasteiger partial charge in [0.1, 0.15) is 0 Å². The van der Waals surface area contributed by atoms with Gasteiger partial charge < -0.3 is 15.8 Å². The zero-order chi connectivity index (χ0) is 13.7. The Balaban J connectivity index is 1.90. The molecular weight excluding hydrogens is 240 g/mol. The first-order valence-electron chi connectivity index (χ1n) is 6.96. The lowest BCUT2D eigenvalue weighted by Crippen LogP contribution is -2.52. The zero-order valence-electron chi connectivity index (χ0n) is 11.4. The molecule has 1 aromatic carbocycles. The molecular formula is C15H22N2O2. The molecule has 0 aliphatic heterocycles. The summed E-state index contributed by atoms with van der Waals surface area (Å²) < 4.78 is 5.12. The number of alkyl carbamates (subject to hydrolysis) is 1. The standard InChI is InChI=1S/C15H22N2O2/c1-2-3-8-19-15(18)17-14-10-12-7-5-4-6-11(12)9-13(14)16/h4-7,13-14H,2-3,8-10,16H2,1H3,(H,17,18). The summed E-state index contributed by atoms with van der Waals surface area (Å²) in [5, 5.41) is 2.88. The van der Waals surface area contributed by atoms with Gasteiger partial charge in [-0.15, -0.1) is 0 Å². The molecule has 1 amide bonds. The van der Waals surface area contributed by atoms with Gasteiger partial charge in [0.2, 0.25) is 0 Å². The van der Waals surface area contributed by atoms with E-state index in [0.717, 1.165) is 25.7 Å². The number of ether oxygens (including phenoxy) is 1. The summed E-state index contributed by atoms with van der Waals surface area (Å²) >= 11 is 0. The molecule has 19 heavy (non-hydrogen) atoms. The van der Waals surface area contributed by atoms with Crippen molar-refractivity contribution in [3.05, 3.63) is 35.4 Å². The molecule has 2 atom stereocenters. The quantitative estimate of drug-likeness (QED) is 0.816. The van der Waals surface area contributed by atoms with E-state index in [1.807, 2.05) is 12.1 Å². The second-order valence-corrected chi connectivity index (χ2v) is 5.08. The van der Waals surface area contributed by atoms with Crippen molar-refractivity contribution in [2.24, 2.45) is 5.73 Å². The van der Waals surface area contributed by atoms with Gasteiger partial charge in [0, 0.05) is 6.04 Å². The molecule has 0 radical (unpaired) electrons. The summed E-state index contributed by atoms with van der Waals surface area (Å²) in [5.41, 5.74) is 8.68. The highest BCUT2D eigenvalue weighted by atomic mass is 16.5. The van der Waals surface area contributed by atoms with Gasteiger partial charge in [0.05, 0.1) is 12.6 Å². The first kappa shape index (κ1) is 13.9. The van der Waals surface area contributed by atoms with Crippen LogP contribution in [0.2, 0.25) is 0 Å². The Morgan fingerprint density at radius 3 is 2.74 bits per heavy atom. The highest BCUT2D eigenvalue weighted by molar-refractivity contribution is 5.67. The molecule has 104 valence electrons. The zero-order valence-corrected chi connectivity index (χ0v) is 11.4. The molecule has 2 unspecified atom stereocenters. The molecule has 4 heteroatoms. The Hall–Kier alpha value is -1.55. The molecule has 0 saturated heterocycles. The topological polar surface area (TPSA) is 64.3 Å². The number of fused-ring (bicyclic) bond motifs is 1. The normalized spacial score (nSPS) is 21.6. The van der Waals surface area contributed by atoms with Gasteiger partial charge in [-0.05, 0) is 30.4 Å². The number of hydrogen-bond donors (Lipinski definition) is 2. The molecule has 0 fully saturated rings. The van der Waals surface area contributed by atoms with E-state index in [2.05, 4.69) is 24.4 Å². The Morgan fingerprint density at radius 1 is 1.37 bits per heavy atom. The van der Waals surface area contributed by atoms with Crippen molar-refractivity contribution < 1.29 is 9.53 Å². The molecule has 1 aliphatic rings. The van der Waals surface area contributed by atoms with Crippen LogP contribution in [0.1, 0.15) is 30.9 Å². The van der Waals surface area contributed by atoms with Gasteiger partial charge in [-0.25, -0.2) is 4.79 Å². The lowest BCUT2D eigenvalue weighted by atomic mass is 9.85. The van der Waals surface area contributed by atoms with Gasteiger partial charge in [-0.1, -0.05) is 37.6 Å². The van der Waals surface area contributed by atoms with Crippen molar-refractivity contribution in [3.63, 3.8) is 0 Å². The molecule has 1 aromatic rings. The largest absolute Gasteiger partial charge is 0.450 e. The average molecular weight is 262 g/mol. The van der Waals surface area contributed by atoms with Crippen molar-refractivity contribution in [1.82, 2.24) is 5.32 Å². The number of nitrogens with one attached hydrogen (secondary N) is 1. The minimum Gasteiger partial charge on any atom is -0.450 e. The third-order valence-corrected chi connectivity index (χ3v) is 3.56. The maximum absolute atomic E-state index is 11.7. The van der Waals surface area contributed by atoms with Gasteiger partial charge in [-0.3, -0.25) is 0 Å². The maximum Gasteiger partial charge on any atom is 0.407 e. The van der Waals surface area contributed by atoms with Crippen molar-refractivity contribution in [1.29, 1.82) is 0 Å². The number of carbonyl (C=O) groups is 1. The maximum atomic E-state index is 11.7. The number of amides is 1. The fourth-order valence-electron chi connectivity index (χ4n) is 2.40. The molecule has 0 spiro atoms. The summed E-state index contributed by atoms with van der Waals surface area (Å²) in [6, 6.07) is 8.16. The number of hydrogen-bond acceptors (Lipinski definition) is 3. The van der Waals surface area contributed by atoms with Crippen molar-refractivity contribution >= 4 is 6.09 Å². The highest BCUT2D eigenvalue weighted by Crippen LogP contribution is 2.20. The van der Waals surface area contributed by atoms with Crippen LogP contribution < -0.4 is 11.1 Å². The monoisotopic (exact) mass is 262 g/mol. The molecule has 0 aromatic heterocycles. The SMILES string of the molecule is CCCCOC(=O)NC1Cc2ccccc2CC1N. The second-order valence-electron chi connectivity index (χ2n) is 5.08. The summed E-state index contributed by atoms with van der Waals surface area (Å²) in [5.74, 6) is 0. The molecule has 4 nitrogen and oxygen atoms in total. The van der Waals surface area contributed by atoms with Crippen LogP contribution >= 0.6 is 0 Å². The number of unbranched alkanes of at least 4 members (excludes halogenated alkanes) is 1. The van der Waals surface area contributed by atoms with E-state index >= 15 is 0 Å². The lowest BCUT2D eigenvalue weighted by molar-refractivity contribution is 0.138. The molecule has 0 saturated carbocycles. The van der Waals surface area contributed by atoms with E-state index in [1.54, 1.807) is 0 Å². The third kappa shape index (κ3) is 3.70. The van der Waals surface area contributed by atoms with Gasteiger partial charge in [-0.2, -0.15) is 0 Å². The van der Waals surface area contributed by atoms with Crippen LogP contribution in [0, 0.1) is 0 Å². The summed E-state index contributed by atoms with van der Waals surface area (Å²) in [4.78, 5) is 11.7. The number of carbonyl (C=O) groups excluding carboxylic acids is 1. The van der Waals surface area contributed by atoms with Crippen LogP contribution in [-0.2, 0) is 17.6 Å². The molecule has 0 bridgehead atoms. The van der Waals surface area contributed by atoms with E-state index in [9.17, 15) is 4.79 Å². The smallest absolute Gasteiger partial charge is 0.407 e. The minimum absolute atomic E-state index is 0.0379. The summed E-state index contributed by atoms with van der Waals surface area (Å²) in [6.07, 6.45) is 3.14. The second kappa shape index (κ2) is 6.57. The minimum atomic E-state index is -0.353. The van der Waals surface area contributed by atoms with Crippen LogP contribution in [0.25, 0.3) is 0 Å². The van der Waals surface area contributed by atoms with Crippen LogP contribution in [0.15, 0.2) is 24.3 Å². The predicted molar refractivity (Wildman–Crippen MR) is 75.0 cm³/mol. The van der Waals surface area contributed by atoms with Crippen LogP contribution in [-0.4, -0.2) is 24.8 Å². The molecule has 0 heterocycles. The Labute approximate surface area is 114 Å². The fourth-order valence-corrected chi connectivity index (χ4v) is 2.40. The first-order valence-corrected chi connectivity index (χ1v) is 6.96. The van der Waals surface area contributed by atoms with Crippen molar-refractivity contribution in [2.75, 3.05) is 6.61 Å². The van der Waals surface area contributed by atoms with E-state index in [4.69, 9.17) is 10.5 Å². The Morgan fingerprint density at radius 2 is 2.05 bits per heavy atom. The third-order valence-electron chi connectivity index (χ3n) is 3.56. The number of benzene rings is 1. The van der Waals surface area contributed by atoms with Crippen LogP contribution in [0.5, 0.6) is 0 Å². The van der Waals surface area contributed by atoms with E-state index in [1.165, 1.54) is 11.1 Å². The lowest BCUT2D eigenvalue weighted by Gasteiger charge is -2.30. The van der Waals surface area contributed by atoms with Crippen LogP contribution in [0.3, 0.4) is 0 Å². The fraction of sp³-hybridized carbons (Fsp3) is 0.533. The van der Waals surface area contributed by atoms with Crippen molar-refractivity contribution in [3.8, 4) is 0 Å².